The number of nitrogens with zero attached hydrogens (tertiary/aromatic N) is 2. The van der Waals surface area contributed by atoms with Crippen molar-refractivity contribution < 1.29 is 5.11 Å². The van der Waals surface area contributed by atoms with Gasteiger partial charge in [-0.05, 0) is 24.6 Å². The van der Waals surface area contributed by atoms with Gasteiger partial charge in [-0.15, -0.1) is 0 Å². The molecule has 2 aromatic carbocycles. The third-order valence-corrected chi connectivity index (χ3v) is 3.51. The van der Waals surface area contributed by atoms with E-state index in [4.69, 9.17) is 5.26 Å². The molecule has 1 unspecified atom stereocenters. The highest BCUT2D eigenvalue weighted by Crippen LogP contribution is 2.24. The van der Waals surface area contributed by atoms with Gasteiger partial charge in [-0.1, -0.05) is 48.5 Å². The van der Waals surface area contributed by atoms with E-state index in [9.17, 15) is 5.11 Å². The number of anilines is 1. The molecule has 0 aliphatic rings. The summed E-state index contributed by atoms with van der Waals surface area (Å²) in [5, 5.41) is 19.6. The minimum Gasteiger partial charge on any atom is -0.384 e. The molecule has 1 atom stereocenters. The monoisotopic (exact) mass is 280 g/mol. The average molecular weight is 280 g/mol. The van der Waals surface area contributed by atoms with Crippen molar-refractivity contribution in [2.75, 3.05) is 18.0 Å². The number of para-hydroxylation sites is 1. The van der Waals surface area contributed by atoms with E-state index in [0.717, 1.165) is 11.3 Å². The summed E-state index contributed by atoms with van der Waals surface area (Å²) in [7, 11) is 0. The maximum absolute atomic E-state index is 10.8. The predicted molar refractivity (Wildman–Crippen MR) is 84.9 cm³/mol. The molecule has 0 heterocycles. The van der Waals surface area contributed by atoms with E-state index in [-0.39, 0.29) is 0 Å². The van der Waals surface area contributed by atoms with Crippen molar-refractivity contribution in [1.82, 2.24) is 0 Å². The highest BCUT2D eigenvalue weighted by atomic mass is 16.3. The van der Waals surface area contributed by atoms with Crippen molar-refractivity contribution in [3.63, 3.8) is 0 Å². The molecule has 0 radical (unpaired) electrons. The van der Waals surface area contributed by atoms with Crippen LogP contribution in [0.15, 0.2) is 60.7 Å². The van der Waals surface area contributed by atoms with E-state index in [2.05, 4.69) is 11.0 Å². The summed E-state index contributed by atoms with van der Waals surface area (Å²) in [6.07, 6.45) is 0.430. The number of benzene rings is 2. The Morgan fingerprint density at radius 1 is 1.05 bits per heavy atom. The Hall–Kier alpha value is -2.31. The molecule has 21 heavy (non-hydrogen) atoms. The molecule has 1 N–H and O–H groups in total. The number of hydrogen-bond donors (Lipinski definition) is 1. The molecule has 0 bridgehead atoms. The highest BCUT2D eigenvalue weighted by Gasteiger charge is 2.26. The summed E-state index contributed by atoms with van der Waals surface area (Å²) in [4.78, 5) is 2.05. The second kappa shape index (κ2) is 6.92. The molecule has 0 saturated heterocycles. The van der Waals surface area contributed by atoms with Crippen molar-refractivity contribution in [3.05, 3.63) is 66.2 Å². The number of nitriles is 1. The summed E-state index contributed by atoms with van der Waals surface area (Å²) in [5.41, 5.74) is 0.930. The lowest BCUT2D eigenvalue weighted by Gasteiger charge is -2.33. The van der Waals surface area contributed by atoms with Crippen LogP contribution in [0.1, 0.15) is 18.9 Å². The lowest BCUT2D eigenvalue weighted by Crippen LogP contribution is -2.39. The van der Waals surface area contributed by atoms with E-state index in [1.807, 2.05) is 67.6 Å². The van der Waals surface area contributed by atoms with E-state index < -0.39 is 5.60 Å². The van der Waals surface area contributed by atoms with Crippen LogP contribution < -0.4 is 4.90 Å². The molecule has 0 aliphatic carbocycles. The van der Waals surface area contributed by atoms with Crippen molar-refractivity contribution in [2.24, 2.45) is 0 Å². The largest absolute Gasteiger partial charge is 0.384 e. The SMILES string of the molecule is CC(O)(CN(CCC#N)c1ccccc1)c1ccccc1. The summed E-state index contributed by atoms with van der Waals surface area (Å²) in [6, 6.07) is 21.7. The van der Waals surface area contributed by atoms with Gasteiger partial charge in [-0.25, -0.2) is 0 Å². The van der Waals surface area contributed by atoms with Crippen LogP contribution in [-0.4, -0.2) is 18.2 Å². The van der Waals surface area contributed by atoms with E-state index in [1.54, 1.807) is 0 Å². The molecule has 108 valence electrons. The molecule has 0 aromatic heterocycles. The van der Waals surface area contributed by atoms with E-state index >= 15 is 0 Å². The van der Waals surface area contributed by atoms with Crippen LogP contribution in [0.5, 0.6) is 0 Å². The van der Waals surface area contributed by atoms with Crippen molar-refractivity contribution in [2.45, 2.75) is 18.9 Å². The van der Waals surface area contributed by atoms with Crippen LogP contribution in [0, 0.1) is 11.3 Å². The van der Waals surface area contributed by atoms with Gasteiger partial charge in [0.15, 0.2) is 0 Å². The highest BCUT2D eigenvalue weighted by molar-refractivity contribution is 5.47. The van der Waals surface area contributed by atoms with Crippen LogP contribution in [0.3, 0.4) is 0 Å². The van der Waals surface area contributed by atoms with E-state index in [0.29, 0.717) is 19.5 Å². The van der Waals surface area contributed by atoms with Gasteiger partial charge in [0.25, 0.3) is 0 Å². The Bertz CT molecular complexity index is 588. The Balaban J connectivity index is 2.21. The van der Waals surface area contributed by atoms with Gasteiger partial charge >= 0.3 is 0 Å². The normalized spacial score (nSPS) is 13.2. The lowest BCUT2D eigenvalue weighted by atomic mass is 9.95. The van der Waals surface area contributed by atoms with Gasteiger partial charge in [0.1, 0.15) is 5.60 Å². The third kappa shape index (κ3) is 4.08. The first-order valence-corrected chi connectivity index (χ1v) is 7.08. The van der Waals surface area contributed by atoms with Crippen molar-refractivity contribution in [1.29, 1.82) is 5.26 Å². The summed E-state index contributed by atoms with van der Waals surface area (Å²) in [6.45, 7) is 2.86. The fourth-order valence-corrected chi connectivity index (χ4v) is 2.38. The molecule has 2 rings (SSSR count). The first kappa shape index (κ1) is 15.1. The van der Waals surface area contributed by atoms with Crippen LogP contribution in [0.2, 0.25) is 0 Å². The fourth-order valence-electron chi connectivity index (χ4n) is 2.38. The molecular formula is C18H20N2O. The Morgan fingerprint density at radius 3 is 2.19 bits per heavy atom. The summed E-state index contributed by atoms with van der Waals surface area (Å²) in [5.74, 6) is 0. The molecule has 0 fully saturated rings. The van der Waals surface area contributed by atoms with Crippen LogP contribution in [0.25, 0.3) is 0 Å². The van der Waals surface area contributed by atoms with Gasteiger partial charge in [-0.3, -0.25) is 0 Å². The number of rotatable bonds is 6. The molecule has 2 aromatic rings. The zero-order chi connectivity index (χ0) is 15.1. The number of aliphatic hydroxyl groups is 1. The average Bonchev–Trinajstić information content (AvgIpc) is 2.53. The Morgan fingerprint density at radius 2 is 1.62 bits per heavy atom. The molecule has 0 saturated carbocycles. The Kier molecular flexibility index (Phi) is 4.97. The van der Waals surface area contributed by atoms with Gasteiger partial charge in [0.05, 0.1) is 19.0 Å². The van der Waals surface area contributed by atoms with Gasteiger partial charge in [-0.2, -0.15) is 5.26 Å². The minimum absolute atomic E-state index is 0.430. The first-order valence-electron chi connectivity index (χ1n) is 7.08. The zero-order valence-corrected chi connectivity index (χ0v) is 12.2. The molecule has 3 heteroatoms. The minimum atomic E-state index is -0.966. The smallest absolute Gasteiger partial charge is 0.104 e. The second-order valence-electron chi connectivity index (χ2n) is 5.31. The molecular weight excluding hydrogens is 260 g/mol. The van der Waals surface area contributed by atoms with Gasteiger partial charge in [0.2, 0.25) is 0 Å². The summed E-state index contributed by atoms with van der Waals surface area (Å²) >= 11 is 0. The lowest BCUT2D eigenvalue weighted by molar-refractivity contribution is 0.0645. The second-order valence-corrected chi connectivity index (χ2v) is 5.31. The van der Waals surface area contributed by atoms with Crippen molar-refractivity contribution >= 4 is 5.69 Å². The van der Waals surface area contributed by atoms with Crippen LogP contribution >= 0.6 is 0 Å². The van der Waals surface area contributed by atoms with Crippen LogP contribution in [-0.2, 0) is 5.60 Å². The molecule has 0 aliphatic heterocycles. The Labute approximate surface area is 126 Å². The maximum atomic E-state index is 10.8. The zero-order valence-electron chi connectivity index (χ0n) is 12.2. The molecule has 3 nitrogen and oxygen atoms in total. The third-order valence-electron chi connectivity index (χ3n) is 3.51. The van der Waals surface area contributed by atoms with Gasteiger partial charge in [0, 0.05) is 12.2 Å². The fraction of sp³-hybridized carbons (Fsp3) is 0.278. The number of hydrogen-bond acceptors (Lipinski definition) is 3. The first-order chi connectivity index (χ1) is 10.1. The summed E-state index contributed by atoms with van der Waals surface area (Å²) < 4.78 is 0. The molecule has 0 spiro atoms. The van der Waals surface area contributed by atoms with Crippen LogP contribution in [0.4, 0.5) is 5.69 Å². The standard InChI is InChI=1S/C18H20N2O/c1-18(21,16-9-4-2-5-10-16)15-20(14-8-13-19)17-11-6-3-7-12-17/h2-7,9-12,21H,8,14-15H2,1H3. The topological polar surface area (TPSA) is 47.3 Å². The predicted octanol–water partition coefficient (Wildman–Crippen LogP) is 3.31. The quantitative estimate of drug-likeness (QED) is 0.883. The van der Waals surface area contributed by atoms with Crippen molar-refractivity contribution in [3.8, 4) is 6.07 Å². The van der Waals surface area contributed by atoms with Gasteiger partial charge < -0.3 is 10.0 Å². The van der Waals surface area contributed by atoms with E-state index in [1.165, 1.54) is 0 Å². The maximum Gasteiger partial charge on any atom is 0.104 e. The molecule has 0 amide bonds.